The lowest BCUT2D eigenvalue weighted by atomic mass is 10.1. The lowest BCUT2D eigenvalue weighted by Gasteiger charge is -2.11. The predicted octanol–water partition coefficient (Wildman–Crippen LogP) is 1.46. The highest BCUT2D eigenvalue weighted by molar-refractivity contribution is 5.92. The third-order valence-electron chi connectivity index (χ3n) is 2.25. The second-order valence-corrected chi connectivity index (χ2v) is 3.67. The third kappa shape index (κ3) is 3.41. The second kappa shape index (κ2) is 5.94. The van der Waals surface area contributed by atoms with Crippen LogP contribution in [0.15, 0.2) is 24.3 Å². The van der Waals surface area contributed by atoms with Crippen molar-refractivity contribution in [1.29, 1.82) is 0 Å². The predicted molar refractivity (Wildman–Crippen MR) is 66.1 cm³/mol. The summed E-state index contributed by atoms with van der Waals surface area (Å²) in [5.74, 6) is 2.45. The van der Waals surface area contributed by atoms with E-state index in [1.807, 2.05) is 32.2 Å². The Morgan fingerprint density at radius 1 is 1.56 bits per heavy atom. The number of amides is 1. The van der Waals surface area contributed by atoms with E-state index in [-0.39, 0.29) is 11.8 Å². The van der Waals surface area contributed by atoms with E-state index in [2.05, 4.69) is 16.6 Å². The zero-order valence-electron chi connectivity index (χ0n) is 9.58. The number of carbonyl (C=O) groups excluding carboxylic acids is 1. The molecule has 0 radical (unpaired) electrons. The van der Waals surface area contributed by atoms with Gasteiger partial charge in [0.15, 0.2) is 0 Å². The summed E-state index contributed by atoms with van der Waals surface area (Å²) in [5, 5.41) is 5.79. The van der Waals surface area contributed by atoms with Crippen molar-refractivity contribution < 1.29 is 4.79 Å². The van der Waals surface area contributed by atoms with Gasteiger partial charge in [-0.05, 0) is 25.2 Å². The Bertz CT molecular complexity index is 407. The fourth-order valence-electron chi connectivity index (χ4n) is 1.35. The first kappa shape index (κ1) is 12.3. The molecule has 1 atom stereocenters. The fourth-order valence-corrected chi connectivity index (χ4v) is 1.35. The minimum atomic E-state index is -0.0699. The molecule has 1 aromatic carbocycles. The van der Waals surface area contributed by atoms with Crippen LogP contribution < -0.4 is 10.6 Å². The summed E-state index contributed by atoms with van der Waals surface area (Å²) in [5.41, 5.74) is 1.50. The molecule has 84 valence electrons. The van der Waals surface area contributed by atoms with Crippen LogP contribution in [0.2, 0.25) is 0 Å². The number of carbonyl (C=O) groups is 1. The molecule has 0 aromatic heterocycles. The van der Waals surface area contributed by atoms with Gasteiger partial charge in [0.25, 0.3) is 0 Å². The van der Waals surface area contributed by atoms with Gasteiger partial charge in [-0.25, -0.2) is 0 Å². The molecule has 0 aliphatic rings. The van der Waals surface area contributed by atoms with Crippen LogP contribution in [0.3, 0.4) is 0 Å². The second-order valence-electron chi connectivity index (χ2n) is 3.67. The number of hydrogen-bond donors (Lipinski definition) is 2. The van der Waals surface area contributed by atoms with Crippen molar-refractivity contribution in [3.05, 3.63) is 29.8 Å². The number of anilines is 1. The largest absolute Gasteiger partial charge is 0.326 e. The third-order valence-corrected chi connectivity index (χ3v) is 2.25. The average Bonchev–Trinajstić information content (AvgIpc) is 2.29. The molecule has 1 aromatic rings. The molecule has 0 saturated heterocycles. The molecule has 1 amide bonds. The quantitative estimate of drug-likeness (QED) is 0.748. The van der Waals surface area contributed by atoms with Crippen LogP contribution in [0.1, 0.15) is 12.5 Å². The Morgan fingerprint density at radius 3 is 2.94 bits per heavy atom. The van der Waals surface area contributed by atoms with Gasteiger partial charge in [0.1, 0.15) is 0 Å². The minimum Gasteiger partial charge on any atom is -0.326 e. The molecule has 0 bridgehead atoms. The van der Waals surface area contributed by atoms with Crippen molar-refractivity contribution >= 4 is 11.6 Å². The summed E-state index contributed by atoms with van der Waals surface area (Å²) in [4.78, 5) is 11.7. The summed E-state index contributed by atoms with van der Waals surface area (Å²) >= 11 is 0. The molecule has 0 heterocycles. The minimum absolute atomic E-state index is 0.0106. The van der Waals surface area contributed by atoms with Crippen molar-refractivity contribution in [2.24, 2.45) is 5.92 Å². The monoisotopic (exact) mass is 216 g/mol. The summed E-state index contributed by atoms with van der Waals surface area (Å²) in [6.07, 6.45) is 5.28. The Hall–Kier alpha value is -1.79. The van der Waals surface area contributed by atoms with Crippen molar-refractivity contribution in [1.82, 2.24) is 5.32 Å². The molecular formula is C13H16N2O. The molecule has 0 saturated carbocycles. The van der Waals surface area contributed by atoms with E-state index in [0.717, 1.165) is 11.3 Å². The molecule has 0 aliphatic carbocycles. The van der Waals surface area contributed by atoms with Gasteiger partial charge in [-0.1, -0.05) is 18.9 Å². The number of rotatable bonds is 4. The molecule has 0 spiro atoms. The van der Waals surface area contributed by atoms with Gasteiger partial charge in [0, 0.05) is 23.7 Å². The van der Waals surface area contributed by atoms with Crippen LogP contribution in [0.5, 0.6) is 0 Å². The van der Waals surface area contributed by atoms with E-state index in [1.54, 1.807) is 6.07 Å². The van der Waals surface area contributed by atoms with Crippen molar-refractivity contribution in [3.8, 4) is 12.3 Å². The van der Waals surface area contributed by atoms with E-state index in [9.17, 15) is 4.79 Å². The van der Waals surface area contributed by atoms with E-state index in [4.69, 9.17) is 6.42 Å². The van der Waals surface area contributed by atoms with Gasteiger partial charge >= 0.3 is 0 Å². The van der Waals surface area contributed by atoms with Gasteiger partial charge < -0.3 is 10.6 Å². The number of hydrogen-bond acceptors (Lipinski definition) is 2. The maximum atomic E-state index is 11.7. The van der Waals surface area contributed by atoms with Crippen LogP contribution in [-0.2, 0) is 4.79 Å². The van der Waals surface area contributed by atoms with E-state index in [0.29, 0.717) is 6.54 Å². The van der Waals surface area contributed by atoms with Crippen LogP contribution in [0.4, 0.5) is 5.69 Å². The highest BCUT2D eigenvalue weighted by Crippen LogP contribution is 2.10. The average molecular weight is 216 g/mol. The fraction of sp³-hybridized carbons (Fsp3) is 0.308. The molecule has 3 nitrogen and oxygen atoms in total. The summed E-state index contributed by atoms with van der Waals surface area (Å²) in [6.45, 7) is 2.53. The Kier molecular flexibility index (Phi) is 4.56. The van der Waals surface area contributed by atoms with E-state index < -0.39 is 0 Å². The normalized spacial score (nSPS) is 11.6. The van der Waals surface area contributed by atoms with Crippen LogP contribution >= 0.6 is 0 Å². The highest BCUT2D eigenvalue weighted by atomic mass is 16.1. The van der Waals surface area contributed by atoms with E-state index >= 15 is 0 Å². The first-order chi connectivity index (χ1) is 7.67. The Morgan fingerprint density at radius 2 is 2.31 bits per heavy atom. The van der Waals surface area contributed by atoms with Crippen LogP contribution in [-0.4, -0.2) is 19.5 Å². The number of nitrogens with one attached hydrogen (secondary N) is 2. The molecular weight excluding hydrogens is 200 g/mol. The lowest BCUT2D eigenvalue weighted by Crippen LogP contribution is -2.28. The summed E-state index contributed by atoms with van der Waals surface area (Å²) in [6, 6.07) is 7.26. The van der Waals surface area contributed by atoms with Gasteiger partial charge in [-0.3, -0.25) is 4.79 Å². The van der Waals surface area contributed by atoms with Gasteiger partial charge in [-0.2, -0.15) is 0 Å². The molecule has 0 aliphatic heterocycles. The number of benzene rings is 1. The zero-order valence-corrected chi connectivity index (χ0v) is 9.58. The zero-order chi connectivity index (χ0) is 12.0. The van der Waals surface area contributed by atoms with Crippen molar-refractivity contribution in [2.45, 2.75) is 6.92 Å². The van der Waals surface area contributed by atoms with E-state index in [1.165, 1.54) is 0 Å². The first-order valence-corrected chi connectivity index (χ1v) is 5.19. The Balaban J connectivity index is 2.66. The first-order valence-electron chi connectivity index (χ1n) is 5.19. The van der Waals surface area contributed by atoms with Gasteiger partial charge in [-0.15, -0.1) is 6.42 Å². The summed E-state index contributed by atoms with van der Waals surface area (Å²) < 4.78 is 0. The molecule has 0 fully saturated rings. The number of terminal acetylenes is 1. The maximum Gasteiger partial charge on any atom is 0.228 e. The molecule has 1 unspecified atom stereocenters. The lowest BCUT2D eigenvalue weighted by molar-refractivity contribution is -0.119. The molecule has 16 heavy (non-hydrogen) atoms. The molecule has 1 rings (SSSR count). The molecule has 2 N–H and O–H groups in total. The topological polar surface area (TPSA) is 41.1 Å². The highest BCUT2D eigenvalue weighted by Gasteiger charge is 2.11. The van der Waals surface area contributed by atoms with Crippen molar-refractivity contribution in [3.63, 3.8) is 0 Å². The molecule has 3 heteroatoms. The standard InChI is InChI=1S/C13H16N2O/c1-4-11-6-5-7-12(8-11)15-13(16)10(2)9-14-3/h1,5-8,10,14H,9H2,2-3H3,(H,15,16). The smallest absolute Gasteiger partial charge is 0.228 e. The van der Waals surface area contributed by atoms with Crippen molar-refractivity contribution in [2.75, 3.05) is 18.9 Å². The maximum absolute atomic E-state index is 11.7. The Labute approximate surface area is 96.2 Å². The van der Waals surface area contributed by atoms with Gasteiger partial charge in [0.05, 0.1) is 0 Å². The van der Waals surface area contributed by atoms with Crippen LogP contribution in [0, 0.1) is 18.3 Å². The van der Waals surface area contributed by atoms with Crippen LogP contribution in [0.25, 0.3) is 0 Å². The van der Waals surface area contributed by atoms with Gasteiger partial charge in [0.2, 0.25) is 5.91 Å². The summed E-state index contributed by atoms with van der Waals surface area (Å²) in [7, 11) is 1.82. The SMILES string of the molecule is C#Cc1cccc(NC(=O)C(C)CNC)c1.